The third-order valence-corrected chi connectivity index (χ3v) is 4.16. The number of carboxylic acid groups (broad SMARTS) is 1. The summed E-state index contributed by atoms with van der Waals surface area (Å²) < 4.78 is 0. The smallest absolute Gasteiger partial charge is 0.320 e. The SMILES string of the molecule is CCN(CC)C(CCCNc1ccnc2ccccc12)C(=O)O. The predicted octanol–water partition coefficient (Wildman–Crippen LogP) is 3.22. The van der Waals surface area contributed by atoms with Crippen LogP contribution in [0.1, 0.15) is 26.7 Å². The average molecular weight is 315 g/mol. The van der Waals surface area contributed by atoms with Gasteiger partial charge in [-0.2, -0.15) is 0 Å². The van der Waals surface area contributed by atoms with Gasteiger partial charge in [-0.1, -0.05) is 32.0 Å². The number of hydrogen-bond acceptors (Lipinski definition) is 4. The number of likely N-dealkylation sites (N-methyl/N-ethyl adjacent to an activating group) is 1. The summed E-state index contributed by atoms with van der Waals surface area (Å²) in [6, 6.07) is 9.56. The van der Waals surface area contributed by atoms with Crippen LogP contribution in [0.5, 0.6) is 0 Å². The molecule has 2 aromatic rings. The number of hydrogen-bond donors (Lipinski definition) is 2. The molecule has 1 aromatic carbocycles. The lowest BCUT2D eigenvalue weighted by molar-refractivity contribution is -0.143. The largest absolute Gasteiger partial charge is 0.480 e. The molecule has 1 unspecified atom stereocenters. The molecule has 5 nitrogen and oxygen atoms in total. The number of anilines is 1. The fourth-order valence-corrected chi connectivity index (χ4v) is 2.90. The number of nitrogens with one attached hydrogen (secondary N) is 1. The summed E-state index contributed by atoms with van der Waals surface area (Å²) in [7, 11) is 0. The zero-order valence-corrected chi connectivity index (χ0v) is 13.8. The van der Waals surface area contributed by atoms with Gasteiger partial charge in [-0.3, -0.25) is 14.7 Å². The molecule has 0 aliphatic carbocycles. The molecule has 0 bridgehead atoms. The van der Waals surface area contributed by atoms with Crippen LogP contribution in [0.15, 0.2) is 36.5 Å². The van der Waals surface area contributed by atoms with E-state index in [9.17, 15) is 9.90 Å². The van der Waals surface area contributed by atoms with Gasteiger partial charge in [0, 0.05) is 23.8 Å². The highest BCUT2D eigenvalue weighted by Gasteiger charge is 2.22. The number of pyridine rings is 1. The molecule has 1 heterocycles. The summed E-state index contributed by atoms with van der Waals surface area (Å²) in [5.41, 5.74) is 2.01. The second-order valence-electron chi connectivity index (χ2n) is 5.52. The number of carboxylic acids is 1. The van der Waals surface area contributed by atoms with Crippen molar-refractivity contribution in [3.8, 4) is 0 Å². The number of carbonyl (C=O) groups is 1. The lowest BCUT2D eigenvalue weighted by Gasteiger charge is -2.26. The Hall–Kier alpha value is -2.14. The maximum atomic E-state index is 11.4. The maximum Gasteiger partial charge on any atom is 0.320 e. The number of rotatable bonds is 9. The fraction of sp³-hybridized carbons (Fsp3) is 0.444. The normalized spacial score (nSPS) is 12.5. The predicted molar refractivity (Wildman–Crippen MR) is 93.8 cm³/mol. The van der Waals surface area contributed by atoms with Crippen LogP contribution in [0.25, 0.3) is 10.9 Å². The molecule has 0 radical (unpaired) electrons. The second-order valence-corrected chi connectivity index (χ2v) is 5.52. The molecule has 2 rings (SSSR count). The van der Waals surface area contributed by atoms with Gasteiger partial charge in [0.2, 0.25) is 0 Å². The molecule has 5 heteroatoms. The summed E-state index contributed by atoms with van der Waals surface area (Å²) in [5, 5.41) is 13.9. The molecule has 0 aliphatic rings. The first-order valence-corrected chi connectivity index (χ1v) is 8.21. The van der Waals surface area contributed by atoms with Crippen molar-refractivity contribution >= 4 is 22.6 Å². The van der Waals surface area contributed by atoms with Gasteiger partial charge < -0.3 is 10.4 Å². The van der Waals surface area contributed by atoms with E-state index in [4.69, 9.17) is 0 Å². The van der Waals surface area contributed by atoms with Gasteiger partial charge in [-0.25, -0.2) is 0 Å². The molecule has 0 saturated heterocycles. The van der Waals surface area contributed by atoms with Crippen molar-refractivity contribution in [1.29, 1.82) is 0 Å². The van der Waals surface area contributed by atoms with Crippen LogP contribution in [0.2, 0.25) is 0 Å². The highest BCUT2D eigenvalue weighted by molar-refractivity contribution is 5.90. The van der Waals surface area contributed by atoms with E-state index in [0.717, 1.165) is 42.6 Å². The van der Waals surface area contributed by atoms with Gasteiger partial charge in [0.1, 0.15) is 6.04 Å². The number of para-hydroxylation sites is 1. The summed E-state index contributed by atoms with van der Waals surface area (Å²) in [6.07, 6.45) is 3.25. The zero-order valence-electron chi connectivity index (χ0n) is 13.8. The number of benzene rings is 1. The first-order valence-electron chi connectivity index (χ1n) is 8.21. The Kier molecular flexibility index (Phi) is 6.35. The topological polar surface area (TPSA) is 65.5 Å². The molecule has 1 atom stereocenters. The first kappa shape index (κ1) is 17.2. The van der Waals surface area contributed by atoms with E-state index in [1.807, 2.05) is 49.1 Å². The molecule has 0 fully saturated rings. The summed E-state index contributed by atoms with van der Waals surface area (Å²) in [4.78, 5) is 17.8. The Morgan fingerprint density at radius 2 is 2.00 bits per heavy atom. The Morgan fingerprint density at radius 1 is 1.26 bits per heavy atom. The van der Waals surface area contributed by atoms with Crippen LogP contribution in [0.4, 0.5) is 5.69 Å². The third kappa shape index (κ3) is 4.42. The Bertz CT molecular complexity index is 636. The van der Waals surface area contributed by atoms with E-state index in [2.05, 4.69) is 10.3 Å². The quantitative estimate of drug-likeness (QED) is 0.696. The Balaban J connectivity index is 1.92. The van der Waals surface area contributed by atoms with Crippen molar-refractivity contribution in [3.05, 3.63) is 36.5 Å². The van der Waals surface area contributed by atoms with Crippen molar-refractivity contribution in [2.75, 3.05) is 25.0 Å². The standard InChI is InChI=1S/C18H25N3O2/c1-3-21(4-2)17(18(22)23)10-7-12-19-16-11-13-20-15-9-6-5-8-14(15)16/h5-6,8-9,11,13,17H,3-4,7,10,12H2,1-2H3,(H,19,20)(H,22,23). The minimum absolute atomic E-state index is 0.402. The number of fused-ring (bicyclic) bond motifs is 1. The molecule has 0 amide bonds. The van der Waals surface area contributed by atoms with Crippen LogP contribution in [-0.4, -0.2) is 46.6 Å². The van der Waals surface area contributed by atoms with Crippen LogP contribution in [0.3, 0.4) is 0 Å². The maximum absolute atomic E-state index is 11.4. The monoisotopic (exact) mass is 315 g/mol. The highest BCUT2D eigenvalue weighted by atomic mass is 16.4. The van der Waals surface area contributed by atoms with Gasteiger partial charge in [0.25, 0.3) is 0 Å². The van der Waals surface area contributed by atoms with E-state index in [1.54, 1.807) is 6.20 Å². The average Bonchev–Trinajstić information content (AvgIpc) is 2.57. The lowest BCUT2D eigenvalue weighted by atomic mass is 10.1. The summed E-state index contributed by atoms with van der Waals surface area (Å²) in [6.45, 7) is 6.27. The third-order valence-electron chi connectivity index (χ3n) is 4.16. The molecular weight excluding hydrogens is 290 g/mol. The summed E-state index contributed by atoms with van der Waals surface area (Å²) >= 11 is 0. The van der Waals surface area contributed by atoms with Gasteiger partial charge in [-0.15, -0.1) is 0 Å². The second kappa shape index (κ2) is 8.48. The van der Waals surface area contributed by atoms with Crippen LogP contribution < -0.4 is 5.32 Å². The van der Waals surface area contributed by atoms with Crippen LogP contribution >= 0.6 is 0 Å². The number of aliphatic carboxylic acids is 1. The van der Waals surface area contributed by atoms with Crippen molar-refractivity contribution in [3.63, 3.8) is 0 Å². The molecule has 23 heavy (non-hydrogen) atoms. The Morgan fingerprint density at radius 3 is 2.70 bits per heavy atom. The van der Waals surface area contributed by atoms with Crippen molar-refractivity contribution in [2.24, 2.45) is 0 Å². The minimum atomic E-state index is -0.733. The van der Waals surface area contributed by atoms with E-state index >= 15 is 0 Å². The minimum Gasteiger partial charge on any atom is -0.480 e. The van der Waals surface area contributed by atoms with Gasteiger partial charge in [0.05, 0.1) is 5.52 Å². The Labute approximate surface area is 137 Å². The van der Waals surface area contributed by atoms with Crippen molar-refractivity contribution in [2.45, 2.75) is 32.7 Å². The van der Waals surface area contributed by atoms with Crippen molar-refractivity contribution < 1.29 is 9.90 Å². The van der Waals surface area contributed by atoms with E-state index in [0.29, 0.717) is 6.42 Å². The fourth-order valence-electron chi connectivity index (χ4n) is 2.90. The molecule has 0 aliphatic heterocycles. The zero-order chi connectivity index (χ0) is 16.7. The number of aromatic nitrogens is 1. The lowest BCUT2D eigenvalue weighted by Crippen LogP contribution is -2.41. The molecule has 0 spiro atoms. The molecule has 2 N–H and O–H groups in total. The van der Waals surface area contributed by atoms with Gasteiger partial charge >= 0.3 is 5.97 Å². The number of nitrogens with zero attached hydrogens (tertiary/aromatic N) is 2. The molecule has 0 saturated carbocycles. The van der Waals surface area contributed by atoms with E-state index in [-0.39, 0.29) is 0 Å². The molecular formula is C18H25N3O2. The van der Waals surface area contributed by atoms with Gasteiger partial charge in [-0.05, 0) is 38.1 Å². The molecule has 1 aromatic heterocycles. The van der Waals surface area contributed by atoms with Crippen LogP contribution in [-0.2, 0) is 4.79 Å². The molecule has 124 valence electrons. The van der Waals surface area contributed by atoms with Gasteiger partial charge in [0.15, 0.2) is 0 Å². The first-order chi connectivity index (χ1) is 11.2. The van der Waals surface area contributed by atoms with E-state index in [1.165, 1.54) is 0 Å². The van der Waals surface area contributed by atoms with Crippen molar-refractivity contribution in [1.82, 2.24) is 9.88 Å². The summed E-state index contributed by atoms with van der Waals surface area (Å²) in [5.74, 6) is -0.733. The van der Waals surface area contributed by atoms with E-state index < -0.39 is 12.0 Å². The highest BCUT2D eigenvalue weighted by Crippen LogP contribution is 2.21. The van der Waals surface area contributed by atoms with Crippen LogP contribution in [0, 0.1) is 0 Å².